The lowest BCUT2D eigenvalue weighted by molar-refractivity contribution is 0.173. The van der Waals surface area contributed by atoms with Crippen LogP contribution in [0.2, 0.25) is 0 Å². The first kappa shape index (κ1) is 10.3. The molecule has 2 aliphatic rings. The van der Waals surface area contributed by atoms with Gasteiger partial charge < -0.3 is 10.1 Å². The number of thioether (sulfide) groups is 1. The molecule has 0 atom stereocenters. The number of methoxy groups -OCH3 is 1. The molecule has 4 heteroatoms. The van der Waals surface area contributed by atoms with Crippen molar-refractivity contribution in [3.63, 3.8) is 0 Å². The Hall–Kier alpha value is -0.220. The van der Waals surface area contributed by atoms with Crippen LogP contribution >= 0.6 is 11.8 Å². The highest BCUT2D eigenvalue weighted by Gasteiger charge is 2.41. The van der Waals surface area contributed by atoms with Gasteiger partial charge in [0.1, 0.15) is 0 Å². The van der Waals surface area contributed by atoms with Crippen molar-refractivity contribution in [3.8, 4) is 0 Å². The molecular weight excluding hydrogens is 196 g/mol. The molecule has 80 valence electrons. The van der Waals surface area contributed by atoms with Gasteiger partial charge in [-0.3, -0.25) is 4.99 Å². The van der Waals surface area contributed by atoms with E-state index in [1.54, 1.807) is 7.11 Å². The predicted octanol–water partition coefficient (Wildman–Crippen LogP) is 1.50. The predicted molar refractivity (Wildman–Crippen MR) is 60.9 cm³/mol. The summed E-state index contributed by atoms with van der Waals surface area (Å²) in [6.45, 7) is 2.96. The summed E-state index contributed by atoms with van der Waals surface area (Å²) in [7, 11) is 1.78. The molecule has 0 aromatic heterocycles. The van der Waals surface area contributed by atoms with Crippen LogP contribution < -0.4 is 5.32 Å². The van der Waals surface area contributed by atoms with Crippen LogP contribution in [0.1, 0.15) is 19.3 Å². The third-order valence-electron chi connectivity index (χ3n) is 2.99. The van der Waals surface area contributed by atoms with E-state index in [4.69, 9.17) is 4.74 Å². The van der Waals surface area contributed by atoms with Crippen molar-refractivity contribution in [1.82, 2.24) is 5.32 Å². The van der Waals surface area contributed by atoms with E-state index in [9.17, 15) is 0 Å². The number of amidine groups is 1. The first-order valence-corrected chi connectivity index (χ1v) is 6.23. The summed E-state index contributed by atoms with van der Waals surface area (Å²) >= 11 is 1.84. The molecule has 1 aliphatic heterocycles. The average molecular weight is 214 g/mol. The maximum Gasteiger partial charge on any atom is 0.156 e. The molecule has 1 fully saturated rings. The number of hydrogen-bond acceptors (Lipinski definition) is 4. The van der Waals surface area contributed by atoms with Crippen molar-refractivity contribution in [2.75, 3.05) is 32.6 Å². The summed E-state index contributed by atoms with van der Waals surface area (Å²) in [5.74, 6) is 1.15. The van der Waals surface area contributed by atoms with Gasteiger partial charge in [-0.15, -0.1) is 0 Å². The first-order chi connectivity index (χ1) is 6.85. The summed E-state index contributed by atoms with van der Waals surface area (Å²) in [4.78, 5) is 4.38. The normalized spacial score (nSPS) is 23.4. The molecule has 14 heavy (non-hydrogen) atoms. The Kier molecular flexibility index (Phi) is 3.34. The Morgan fingerprint density at radius 1 is 1.57 bits per heavy atom. The summed E-state index contributed by atoms with van der Waals surface area (Å²) in [5.41, 5.74) is 0.529. The van der Waals surface area contributed by atoms with Gasteiger partial charge in [-0.05, 0) is 24.7 Å². The number of nitrogens with zero attached hydrogens (tertiary/aromatic N) is 1. The molecule has 0 bridgehead atoms. The summed E-state index contributed by atoms with van der Waals surface area (Å²) in [5, 5.41) is 4.60. The van der Waals surface area contributed by atoms with Crippen molar-refractivity contribution in [2.45, 2.75) is 19.3 Å². The molecule has 3 nitrogen and oxygen atoms in total. The standard InChI is InChI=1S/C10H18N2OS/c1-13-6-4-10(2-3-10)8-12-9-11-5-7-14-9/h2-8H2,1H3,(H,11,12). The van der Waals surface area contributed by atoms with Crippen LogP contribution in [-0.2, 0) is 4.74 Å². The Morgan fingerprint density at radius 2 is 2.43 bits per heavy atom. The topological polar surface area (TPSA) is 33.6 Å². The third-order valence-corrected chi connectivity index (χ3v) is 3.93. The SMILES string of the molecule is COCCC1(CNC2=NCCS2)CC1. The Balaban J connectivity index is 1.69. The van der Waals surface area contributed by atoms with Gasteiger partial charge in [0.05, 0.1) is 6.54 Å². The largest absolute Gasteiger partial charge is 0.385 e. The molecule has 0 aromatic rings. The highest BCUT2D eigenvalue weighted by atomic mass is 32.2. The van der Waals surface area contributed by atoms with Gasteiger partial charge in [-0.25, -0.2) is 0 Å². The fourth-order valence-corrected chi connectivity index (χ4v) is 2.45. The number of rotatable bonds is 5. The quantitative estimate of drug-likeness (QED) is 0.753. The minimum atomic E-state index is 0.529. The molecule has 1 heterocycles. The lowest BCUT2D eigenvalue weighted by Gasteiger charge is -2.15. The first-order valence-electron chi connectivity index (χ1n) is 5.25. The number of hydrogen-bond donors (Lipinski definition) is 1. The summed E-state index contributed by atoms with van der Waals surface area (Å²) in [6, 6.07) is 0. The zero-order chi connectivity index (χ0) is 9.86. The van der Waals surface area contributed by atoms with Crippen molar-refractivity contribution < 1.29 is 4.74 Å². The molecule has 0 radical (unpaired) electrons. The summed E-state index contributed by atoms with van der Waals surface area (Å²) in [6.07, 6.45) is 3.89. The van der Waals surface area contributed by atoms with E-state index in [0.29, 0.717) is 5.41 Å². The molecular formula is C10H18N2OS. The molecule has 0 aromatic carbocycles. The molecule has 1 saturated carbocycles. The van der Waals surface area contributed by atoms with E-state index in [-0.39, 0.29) is 0 Å². The molecule has 1 aliphatic carbocycles. The Labute approximate surface area is 89.7 Å². The number of aliphatic imine (C=N–C) groups is 1. The van der Waals surface area contributed by atoms with Gasteiger partial charge in [-0.1, -0.05) is 11.8 Å². The Bertz CT molecular complexity index is 226. The maximum absolute atomic E-state index is 5.13. The van der Waals surface area contributed by atoms with Gasteiger partial charge in [0.25, 0.3) is 0 Å². The fourth-order valence-electron chi connectivity index (χ4n) is 1.72. The van der Waals surface area contributed by atoms with Gasteiger partial charge >= 0.3 is 0 Å². The summed E-state index contributed by atoms with van der Waals surface area (Å²) < 4.78 is 5.13. The number of ether oxygens (including phenoxy) is 1. The van der Waals surface area contributed by atoms with E-state index >= 15 is 0 Å². The van der Waals surface area contributed by atoms with Crippen LogP contribution in [0.25, 0.3) is 0 Å². The Morgan fingerprint density at radius 3 is 3.00 bits per heavy atom. The smallest absolute Gasteiger partial charge is 0.156 e. The van der Waals surface area contributed by atoms with Gasteiger partial charge in [0.2, 0.25) is 0 Å². The second kappa shape index (κ2) is 4.53. The minimum Gasteiger partial charge on any atom is -0.385 e. The van der Waals surface area contributed by atoms with Crippen LogP contribution in [0.15, 0.2) is 4.99 Å². The zero-order valence-electron chi connectivity index (χ0n) is 8.71. The highest BCUT2D eigenvalue weighted by molar-refractivity contribution is 8.14. The molecule has 1 N–H and O–H groups in total. The zero-order valence-corrected chi connectivity index (χ0v) is 9.53. The second-order valence-electron chi connectivity index (χ2n) is 4.13. The lowest BCUT2D eigenvalue weighted by Crippen LogP contribution is -2.28. The lowest BCUT2D eigenvalue weighted by atomic mass is 10.0. The van der Waals surface area contributed by atoms with Gasteiger partial charge in [0, 0.05) is 26.0 Å². The van der Waals surface area contributed by atoms with Crippen molar-refractivity contribution >= 4 is 16.9 Å². The molecule has 2 rings (SSSR count). The molecule has 0 amide bonds. The van der Waals surface area contributed by atoms with Crippen LogP contribution in [0.5, 0.6) is 0 Å². The maximum atomic E-state index is 5.13. The van der Waals surface area contributed by atoms with Crippen molar-refractivity contribution in [1.29, 1.82) is 0 Å². The highest BCUT2D eigenvalue weighted by Crippen LogP contribution is 2.48. The van der Waals surface area contributed by atoms with Crippen LogP contribution in [0.4, 0.5) is 0 Å². The van der Waals surface area contributed by atoms with E-state index in [2.05, 4.69) is 10.3 Å². The van der Waals surface area contributed by atoms with Crippen LogP contribution in [0, 0.1) is 5.41 Å². The van der Waals surface area contributed by atoms with Crippen LogP contribution in [-0.4, -0.2) is 37.7 Å². The van der Waals surface area contributed by atoms with E-state index in [1.165, 1.54) is 19.3 Å². The monoisotopic (exact) mass is 214 g/mol. The minimum absolute atomic E-state index is 0.529. The van der Waals surface area contributed by atoms with Crippen molar-refractivity contribution in [3.05, 3.63) is 0 Å². The van der Waals surface area contributed by atoms with E-state index in [0.717, 1.165) is 30.6 Å². The second-order valence-corrected chi connectivity index (χ2v) is 5.22. The number of nitrogens with one attached hydrogen (secondary N) is 1. The molecule has 0 saturated heterocycles. The van der Waals surface area contributed by atoms with E-state index in [1.807, 2.05) is 11.8 Å². The fraction of sp³-hybridized carbons (Fsp3) is 0.900. The van der Waals surface area contributed by atoms with Gasteiger partial charge in [-0.2, -0.15) is 0 Å². The third kappa shape index (κ3) is 2.64. The van der Waals surface area contributed by atoms with Crippen molar-refractivity contribution in [2.24, 2.45) is 10.4 Å². The van der Waals surface area contributed by atoms with Gasteiger partial charge in [0.15, 0.2) is 5.17 Å². The van der Waals surface area contributed by atoms with Crippen LogP contribution in [0.3, 0.4) is 0 Å². The van der Waals surface area contributed by atoms with E-state index < -0.39 is 0 Å². The average Bonchev–Trinajstić information content (AvgIpc) is 2.77. The molecule has 0 unspecified atom stereocenters. The molecule has 0 spiro atoms.